The van der Waals surface area contributed by atoms with Crippen LogP contribution in [-0.4, -0.2) is 49.7 Å². The van der Waals surface area contributed by atoms with Crippen molar-refractivity contribution in [1.82, 2.24) is 10.3 Å². The first kappa shape index (κ1) is 19.6. The molecule has 2 aromatic rings. The van der Waals surface area contributed by atoms with Gasteiger partial charge in [0.05, 0.1) is 17.8 Å². The molecule has 2 aromatic carbocycles. The average molecular weight is 409 g/mol. The van der Waals surface area contributed by atoms with E-state index in [4.69, 9.17) is 23.2 Å². The Kier molecular flexibility index (Phi) is 6.66. The van der Waals surface area contributed by atoms with Gasteiger partial charge in [-0.3, -0.25) is 9.69 Å². The highest BCUT2D eigenvalue weighted by molar-refractivity contribution is 6.36. The minimum absolute atomic E-state index is 0.188. The Morgan fingerprint density at radius 2 is 1.81 bits per heavy atom. The molecule has 5 nitrogen and oxygen atoms in total. The van der Waals surface area contributed by atoms with Crippen molar-refractivity contribution >= 4 is 41.0 Å². The highest BCUT2D eigenvalue weighted by atomic mass is 35.5. The standard InChI is InChI=1S/C19H19Cl2FN4O/c20-15-2-1-14(18(21)11-15)12-23-24-19(27)13-25-7-9-26(10-8-25)17-5-3-16(22)4-6-17/h1-6,11-12H,7-10,13H2,(H,24,27)/b23-12+. The fraction of sp³-hybridized carbons (Fsp3) is 0.263. The molecule has 0 unspecified atom stereocenters. The summed E-state index contributed by atoms with van der Waals surface area (Å²) in [6, 6.07) is 11.5. The van der Waals surface area contributed by atoms with Crippen LogP contribution in [0.2, 0.25) is 10.0 Å². The number of hydrogen-bond donors (Lipinski definition) is 1. The fourth-order valence-corrected chi connectivity index (χ4v) is 3.29. The van der Waals surface area contributed by atoms with Gasteiger partial charge in [-0.05, 0) is 36.4 Å². The maximum atomic E-state index is 13.0. The molecule has 0 aliphatic carbocycles. The molecule has 0 aromatic heterocycles. The van der Waals surface area contributed by atoms with Crippen LogP contribution in [0.15, 0.2) is 47.6 Å². The highest BCUT2D eigenvalue weighted by Gasteiger charge is 2.19. The molecule has 0 atom stereocenters. The fourth-order valence-electron chi connectivity index (χ4n) is 2.83. The average Bonchev–Trinajstić information content (AvgIpc) is 2.65. The lowest BCUT2D eigenvalue weighted by Crippen LogP contribution is -2.49. The molecular formula is C19H19Cl2FN4O. The molecular weight excluding hydrogens is 390 g/mol. The molecule has 0 radical (unpaired) electrons. The van der Waals surface area contributed by atoms with E-state index in [1.807, 2.05) is 0 Å². The zero-order valence-corrected chi connectivity index (χ0v) is 16.0. The number of anilines is 1. The van der Waals surface area contributed by atoms with Gasteiger partial charge in [0.1, 0.15) is 5.82 Å². The predicted molar refractivity (Wildman–Crippen MR) is 107 cm³/mol. The van der Waals surface area contributed by atoms with Gasteiger partial charge >= 0.3 is 0 Å². The molecule has 1 N–H and O–H groups in total. The van der Waals surface area contributed by atoms with Gasteiger partial charge in [-0.1, -0.05) is 29.3 Å². The van der Waals surface area contributed by atoms with E-state index < -0.39 is 0 Å². The zero-order valence-electron chi connectivity index (χ0n) is 14.5. The van der Waals surface area contributed by atoms with E-state index in [1.54, 1.807) is 30.3 Å². The van der Waals surface area contributed by atoms with Crippen molar-refractivity contribution in [3.8, 4) is 0 Å². The lowest BCUT2D eigenvalue weighted by atomic mass is 10.2. The molecule has 1 aliphatic rings. The molecule has 0 spiro atoms. The molecule has 1 aliphatic heterocycles. The van der Waals surface area contributed by atoms with Crippen molar-refractivity contribution in [3.63, 3.8) is 0 Å². The van der Waals surface area contributed by atoms with Crippen LogP contribution in [0.25, 0.3) is 0 Å². The van der Waals surface area contributed by atoms with Crippen molar-refractivity contribution < 1.29 is 9.18 Å². The molecule has 1 fully saturated rings. The molecule has 1 heterocycles. The number of benzene rings is 2. The molecule has 27 heavy (non-hydrogen) atoms. The number of nitrogens with one attached hydrogen (secondary N) is 1. The summed E-state index contributed by atoms with van der Waals surface area (Å²) < 4.78 is 13.0. The Morgan fingerprint density at radius 3 is 2.48 bits per heavy atom. The van der Waals surface area contributed by atoms with E-state index in [2.05, 4.69) is 20.3 Å². The Balaban J connectivity index is 1.44. The first-order valence-electron chi connectivity index (χ1n) is 8.51. The second-order valence-corrected chi connectivity index (χ2v) is 7.04. The van der Waals surface area contributed by atoms with Crippen LogP contribution in [0, 0.1) is 5.82 Å². The summed E-state index contributed by atoms with van der Waals surface area (Å²) in [5.74, 6) is -0.430. The third-order valence-corrected chi connectivity index (χ3v) is 4.85. The van der Waals surface area contributed by atoms with E-state index in [0.717, 1.165) is 31.9 Å². The zero-order chi connectivity index (χ0) is 19.2. The third-order valence-electron chi connectivity index (χ3n) is 4.29. The number of nitrogens with zero attached hydrogens (tertiary/aromatic N) is 3. The normalized spacial score (nSPS) is 15.3. The van der Waals surface area contributed by atoms with Crippen molar-refractivity contribution in [2.45, 2.75) is 0 Å². The van der Waals surface area contributed by atoms with Gasteiger partial charge in [0.15, 0.2) is 0 Å². The van der Waals surface area contributed by atoms with Crippen LogP contribution in [0.3, 0.4) is 0 Å². The van der Waals surface area contributed by atoms with Crippen molar-refractivity contribution in [2.24, 2.45) is 5.10 Å². The monoisotopic (exact) mass is 408 g/mol. The molecule has 3 rings (SSSR count). The smallest absolute Gasteiger partial charge is 0.254 e. The number of amides is 1. The largest absolute Gasteiger partial charge is 0.369 e. The maximum Gasteiger partial charge on any atom is 0.254 e. The predicted octanol–water partition coefficient (Wildman–Crippen LogP) is 3.40. The number of rotatable bonds is 5. The van der Waals surface area contributed by atoms with Crippen LogP contribution in [-0.2, 0) is 4.79 Å². The lowest BCUT2D eigenvalue weighted by Gasteiger charge is -2.35. The van der Waals surface area contributed by atoms with Crippen LogP contribution in [0.1, 0.15) is 5.56 Å². The van der Waals surface area contributed by atoms with E-state index in [1.165, 1.54) is 18.3 Å². The topological polar surface area (TPSA) is 47.9 Å². The molecule has 8 heteroatoms. The van der Waals surface area contributed by atoms with Crippen LogP contribution < -0.4 is 10.3 Å². The van der Waals surface area contributed by atoms with E-state index in [-0.39, 0.29) is 18.3 Å². The second-order valence-electron chi connectivity index (χ2n) is 6.20. The highest BCUT2D eigenvalue weighted by Crippen LogP contribution is 2.19. The van der Waals surface area contributed by atoms with Gasteiger partial charge in [-0.25, -0.2) is 9.82 Å². The summed E-state index contributed by atoms with van der Waals surface area (Å²) >= 11 is 11.9. The SMILES string of the molecule is O=C(CN1CCN(c2ccc(F)cc2)CC1)N/N=C/c1ccc(Cl)cc1Cl. The Morgan fingerprint density at radius 1 is 1.11 bits per heavy atom. The first-order valence-corrected chi connectivity index (χ1v) is 9.27. The van der Waals surface area contributed by atoms with Gasteiger partial charge in [0.25, 0.3) is 5.91 Å². The maximum absolute atomic E-state index is 13.0. The first-order chi connectivity index (χ1) is 13.0. The van der Waals surface area contributed by atoms with E-state index in [9.17, 15) is 9.18 Å². The summed E-state index contributed by atoms with van der Waals surface area (Å²) in [7, 11) is 0. The third kappa shape index (κ3) is 5.66. The summed E-state index contributed by atoms with van der Waals surface area (Å²) in [6.45, 7) is 3.32. The lowest BCUT2D eigenvalue weighted by molar-refractivity contribution is -0.122. The van der Waals surface area contributed by atoms with E-state index in [0.29, 0.717) is 15.6 Å². The summed E-state index contributed by atoms with van der Waals surface area (Å²) in [4.78, 5) is 16.3. The number of piperazine rings is 1. The Bertz CT molecular complexity index is 821. The van der Waals surface area contributed by atoms with Crippen molar-refractivity contribution in [3.05, 3.63) is 63.9 Å². The minimum atomic E-state index is -0.241. The van der Waals surface area contributed by atoms with Crippen molar-refractivity contribution in [1.29, 1.82) is 0 Å². The van der Waals surface area contributed by atoms with Crippen LogP contribution in [0.4, 0.5) is 10.1 Å². The second kappa shape index (κ2) is 9.17. The van der Waals surface area contributed by atoms with Gasteiger partial charge in [-0.15, -0.1) is 0 Å². The van der Waals surface area contributed by atoms with Gasteiger partial charge in [0, 0.05) is 42.5 Å². The molecule has 0 bridgehead atoms. The summed E-state index contributed by atoms with van der Waals surface area (Å²) in [6.07, 6.45) is 1.49. The summed E-state index contributed by atoms with van der Waals surface area (Å²) in [5.41, 5.74) is 4.18. The van der Waals surface area contributed by atoms with Crippen LogP contribution in [0.5, 0.6) is 0 Å². The number of hydrogen-bond acceptors (Lipinski definition) is 4. The van der Waals surface area contributed by atoms with Gasteiger partial charge in [-0.2, -0.15) is 5.10 Å². The van der Waals surface area contributed by atoms with Gasteiger partial charge < -0.3 is 4.90 Å². The van der Waals surface area contributed by atoms with Gasteiger partial charge in [0.2, 0.25) is 0 Å². The number of halogens is 3. The van der Waals surface area contributed by atoms with Crippen molar-refractivity contribution in [2.75, 3.05) is 37.6 Å². The Labute approximate surface area is 167 Å². The molecule has 1 saturated heterocycles. The number of carbonyl (C=O) groups is 1. The molecule has 142 valence electrons. The van der Waals surface area contributed by atoms with E-state index >= 15 is 0 Å². The summed E-state index contributed by atoms with van der Waals surface area (Å²) in [5, 5.41) is 4.96. The quantitative estimate of drug-likeness (QED) is 0.609. The minimum Gasteiger partial charge on any atom is -0.369 e. The number of carbonyl (C=O) groups excluding carboxylic acids is 1. The van der Waals surface area contributed by atoms with Crippen LogP contribution >= 0.6 is 23.2 Å². The Hall–Kier alpha value is -2.15. The molecule has 1 amide bonds. The molecule has 0 saturated carbocycles. The number of hydrazone groups is 1.